The van der Waals surface area contributed by atoms with Gasteiger partial charge in [-0.25, -0.2) is 0 Å². The van der Waals surface area contributed by atoms with Gasteiger partial charge in [-0.2, -0.15) is 5.10 Å². The van der Waals surface area contributed by atoms with Gasteiger partial charge in [0.1, 0.15) is 5.69 Å². The van der Waals surface area contributed by atoms with Crippen LogP contribution in [-0.2, 0) is 0 Å². The van der Waals surface area contributed by atoms with Crippen LogP contribution in [0.5, 0.6) is 0 Å². The molecule has 4 aromatic rings. The highest BCUT2D eigenvalue weighted by Gasteiger charge is 2.12. The summed E-state index contributed by atoms with van der Waals surface area (Å²) in [5.41, 5.74) is 10.8. The first-order valence-electron chi connectivity index (χ1n) is 7.14. The molecular weight excluding hydrogens is 288 g/mol. The Morgan fingerprint density at radius 2 is 2.09 bits per heavy atom. The van der Waals surface area contributed by atoms with Crippen LogP contribution < -0.4 is 5.73 Å². The average Bonchev–Trinajstić information content (AvgIpc) is 3.19. The van der Waals surface area contributed by atoms with Gasteiger partial charge in [-0.1, -0.05) is 6.07 Å². The highest BCUT2D eigenvalue weighted by atomic mass is 15.1. The fraction of sp³-hybridized carbons (Fsp3) is 0. The van der Waals surface area contributed by atoms with E-state index in [2.05, 4.69) is 20.2 Å². The highest BCUT2D eigenvalue weighted by molar-refractivity contribution is 6.09. The number of fused-ring (bicyclic) bond motifs is 2. The maximum atomic E-state index is 7.45. The van der Waals surface area contributed by atoms with Gasteiger partial charge in [0.05, 0.1) is 11.2 Å². The maximum absolute atomic E-state index is 7.45. The second-order valence-electron chi connectivity index (χ2n) is 5.24. The SMILES string of the molecule is N=C/C(=C\N)c1ccc2[nH]nc(-c3cc4cnccc4[nH]3)c2c1. The van der Waals surface area contributed by atoms with Gasteiger partial charge in [0.15, 0.2) is 0 Å². The van der Waals surface area contributed by atoms with Gasteiger partial charge in [0.2, 0.25) is 0 Å². The predicted octanol–water partition coefficient (Wildman–Crippen LogP) is 3.06. The van der Waals surface area contributed by atoms with Crippen molar-refractivity contribution in [2.45, 2.75) is 0 Å². The predicted molar refractivity (Wildman–Crippen MR) is 92.1 cm³/mol. The third-order valence-electron chi connectivity index (χ3n) is 3.91. The first kappa shape index (κ1) is 13.3. The number of hydrogen-bond acceptors (Lipinski definition) is 4. The minimum Gasteiger partial charge on any atom is -0.404 e. The van der Waals surface area contributed by atoms with E-state index in [9.17, 15) is 0 Å². The summed E-state index contributed by atoms with van der Waals surface area (Å²) in [6.07, 6.45) is 6.25. The first-order chi connectivity index (χ1) is 11.3. The second-order valence-corrected chi connectivity index (χ2v) is 5.24. The van der Waals surface area contributed by atoms with Crippen molar-refractivity contribution in [2.75, 3.05) is 0 Å². The summed E-state index contributed by atoms with van der Waals surface area (Å²) in [4.78, 5) is 7.49. The largest absolute Gasteiger partial charge is 0.404 e. The Bertz CT molecular complexity index is 1020. The van der Waals surface area contributed by atoms with Crippen LogP contribution in [0.4, 0.5) is 0 Å². The fourth-order valence-corrected chi connectivity index (χ4v) is 2.73. The molecule has 0 atom stereocenters. The Hall–Kier alpha value is -3.41. The van der Waals surface area contributed by atoms with E-state index in [-0.39, 0.29) is 0 Å². The molecule has 1 aromatic carbocycles. The lowest BCUT2D eigenvalue weighted by atomic mass is 10.0. The number of nitrogens with one attached hydrogen (secondary N) is 3. The van der Waals surface area contributed by atoms with Crippen molar-refractivity contribution in [3.63, 3.8) is 0 Å². The van der Waals surface area contributed by atoms with E-state index in [4.69, 9.17) is 11.1 Å². The van der Waals surface area contributed by atoms with E-state index >= 15 is 0 Å². The van der Waals surface area contributed by atoms with Crippen LogP contribution in [0, 0.1) is 5.41 Å². The van der Waals surface area contributed by atoms with Crippen molar-refractivity contribution in [1.29, 1.82) is 5.41 Å². The molecule has 4 rings (SSSR count). The summed E-state index contributed by atoms with van der Waals surface area (Å²) >= 11 is 0. The minimum atomic E-state index is 0.667. The lowest BCUT2D eigenvalue weighted by molar-refractivity contribution is 1.12. The first-order valence-corrected chi connectivity index (χ1v) is 7.14. The van der Waals surface area contributed by atoms with E-state index in [0.717, 1.165) is 38.8 Å². The molecule has 0 amide bonds. The molecule has 3 heterocycles. The number of rotatable bonds is 3. The third kappa shape index (κ3) is 2.08. The summed E-state index contributed by atoms with van der Waals surface area (Å²) < 4.78 is 0. The molecule has 5 N–H and O–H groups in total. The van der Waals surface area contributed by atoms with Crippen molar-refractivity contribution < 1.29 is 0 Å². The van der Waals surface area contributed by atoms with E-state index in [1.165, 1.54) is 12.4 Å². The Morgan fingerprint density at radius 1 is 1.17 bits per heavy atom. The molecule has 0 bridgehead atoms. The molecule has 23 heavy (non-hydrogen) atoms. The molecule has 0 aliphatic rings. The van der Waals surface area contributed by atoms with Gasteiger partial charge in [-0.3, -0.25) is 10.1 Å². The summed E-state index contributed by atoms with van der Waals surface area (Å²) in [6, 6.07) is 9.81. The number of allylic oxidation sites excluding steroid dienone is 1. The van der Waals surface area contributed by atoms with Gasteiger partial charge < -0.3 is 16.1 Å². The van der Waals surface area contributed by atoms with Crippen molar-refractivity contribution >= 4 is 33.6 Å². The Balaban J connectivity index is 1.92. The third-order valence-corrected chi connectivity index (χ3v) is 3.91. The molecule has 0 aliphatic carbocycles. The molecule has 3 aromatic heterocycles. The van der Waals surface area contributed by atoms with E-state index in [1.54, 1.807) is 6.20 Å². The molecule has 0 saturated carbocycles. The van der Waals surface area contributed by atoms with Gasteiger partial charge in [0, 0.05) is 46.7 Å². The number of nitrogens with zero attached hydrogens (tertiary/aromatic N) is 2. The van der Waals surface area contributed by atoms with Crippen molar-refractivity contribution in [1.82, 2.24) is 20.2 Å². The molecule has 0 aliphatic heterocycles. The molecule has 0 spiro atoms. The number of hydrogen-bond donors (Lipinski definition) is 4. The Labute approximate surface area is 131 Å². The van der Waals surface area contributed by atoms with Crippen molar-refractivity contribution in [3.05, 3.63) is 54.5 Å². The maximum Gasteiger partial charge on any atom is 0.116 e. The van der Waals surface area contributed by atoms with Crippen LogP contribution in [-0.4, -0.2) is 26.4 Å². The molecule has 6 nitrogen and oxygen atoms in total. The van der Waals surface area contributed by atoms with Crippen LogP contribution in [0.25, 0.3) is 38.8 Å². The van der Waals surface area contributed by atoms with Gasteiger partial charge in [-0.15, -0.1) is 0 Å². The zero-order valence-corrected chi connectivity index (χ0v) is 12.2. The van der Waals surface area contributed by atoms with Crippen LogP contribution in [0.2, 0.25) is 0 Å². The summed E-state index contributed by atoms with van der Waals surface area (Å²) in [5, 5.41) is 16.9. The molecule has 112 valence electrons. The van der Waals surface area contributed by atoms with E-state index in [1.807, 2.05) is 36.5 Å². The number of aromatic amines is 2. The van der Waals surface area contributed by atoms with Crippen LogP contribution in [0.3, 0.4) is 0 Å². The van der Waals surface area contributed by atoms with Crippen LogP contribution >= 0.6 is 0 Å². The Morgan fingerprint density at radius 3 is 2.87 bits per heavy atom. The number of nitrogens with two attached hydrogens (primary N) is 1. The smallest absolute Gasteiger partial charge is 0.116 e. The second kappa shape index (κ2) is 5.10. The van der Waals surface area contributed by atoms with E-state index < -0.39 is 0 Å². The van der Waals surface area contributed by atoms with Gasteiger partial charge in [-0.05, 0) is 29.8 Å². The molecular formula is C17H14N6. The van der Waals surface area contributed by atoms with Crippen LogP contribution in [0.1, 0.15) is 5.56 Å². The zero-order valence-electron chi connectivity index (χ0n) is 12.2. The molecule has 0 fully saturated rings. The summed E-state index contributed by atoms with van der Waals surface area (Å²) in [5.74, 6) is 0. The molecule has 0 unspecified atom stereocenters. The average molecular weight is 302 g/mol. The Kier molecular flexibility index (Phi) is 2.94. The fourth-order valence-electron chi connectivity index (χ4n) is 2.73. The summed E-state index contributed by atoms with van der Waals surface area (Å²) in [6.45, 7) is 0. The molecule has 6 heteroatoms. The van der Waals surface area contributed by atoms with Crippen molar-refractivity contribution in [2.24, 2.45) is 5.73 Å². The standard InChI is InChI=1S/C17H14N6/c18-7-12(8-19)10-1-2-15-13(5-10)17(23-22-15)16-6-11-9-20-4-3-14(11)21-16/h1-9,18,21H,19H2,(H,22,23)/b12-8+,18-7?. The highest BCUT2D eigenvalue weighted by Crippen LogP contribution is 2.30. The normalized spacial score (nSPS) is 12.1. The summed E-state index contributed by atoms with van der Waals surface area (Å²) in [7, 11) is 0. The molecule has 0 saturated heterocycles. The lowest BCUT2D eigenvalue weighted by Gasteiger charge is -2.01. The zero-order chi connectivity index (χ0) is 15.8. The number of aromatic nitrogens is 4. The minimum absolute atomic E-state index is 0.667. The number of benzene rings is 1. The quantitative estimate of drug-likeness (QED) is 0.437. The topological polar surface area (TPSA) is 107 Å². The van der Waals surface area contributed by atoms with Gasteiger partial charge in [0.25, 0.3) is 0 Å². The lowest BCUT2D eigenvalue weighted by Crippen LogP contribution is -1.90. The van der Waals surface area contributed by atoms with Gasteiger partial charge >= 0.3 is 0 Å². The number of H-pyrrole nitrogens is 2. The van der Waals surface area contributed by atoms with Crippen molar-refractivity contribution in [3.8, 4) is 11.4 Å². The molecule has 0 radical (unpaired) electrons. The van der Waals surface area contributed by atoms with Crippen LogP contribution in [0.15, 0.2) is 48.9 Å². The van der Waals surface area contributed by atoms with E-state index in [0.29, 0.717) is 5.57 Å². The monoisotopic (exact) mass is 302 g/mol. The number of pyridine rings is 1.